The fourth-order valence-electron chi connectivity index (χ4n) is 4.24. The van der Waals surface area contributed by atoms with Gasteiger partial charge in [0, 0.05) is 24.9 Å². The largest absolute Gasteiger partial charge is 0.489 e. The summed E-state index contributed by atoms with van der Waals surface area (Å²) >= 11 is 0. The minimum Gasteiger partial charge on any atom is -0.489 e. The fraction of sp³-hybridized carbons (Fsp3) is 0.500. The van der Waals surface area contributed by atoms with Gasteiger partial charge in [0.2, 0.25) is 10.0 Å². The van der Waals surface area contributed by atoms with Crippen LogP contribution in [0.1, 0.15) is 55.3 Å². The van der Waals surface area contributed by atoms with Crippen molar-refractivity contribution in [1.29, 1.82) is 0 Å². The van der Waals surface area contributed by atoms with Gasteiger partial charge < -0.3 is 14.8 Å². The Balaban J connectivity index is 1.40. The summed E-state index contributed by atoms with van der Waals surface area (Å²) in [5.74, 6) is 0.903. The molecule has 1 atom stereocenters. The Morgan fingerprint density at radius 2 is 1.94 bits per heavy atom. The lowest BCUT2D eigenvalue weighted by atomic mass is 9.90. The molecule has 33 heavy (non-hydrogen) atoms. The van der Waals surface area contributed by atoms with Gasteiger partial charge in [-0.1, -0.05) is 25.3 Å². The van der Waals surface area contributed by atoms with E-state index >= 15 is 0 Å². The average Bonchev–Trinajstić information content (AvgIpc) is 3.37. The van der Waals surface area contributed by atoms with E-state index in [1.807, 2.05) is 0 Å². The van der Waals surface area contributed by atoms with Crippen LogP contribution >= 0.6 is 0 Å². The summed E-state index contributed by atoms with van der Waals surface area (Å²) in [6.07, 6.45) is 9.29. The van der Waals surface area contributed by atoms with Gasteiger partial charge in [0.05, 0.1) is 17.6 Å². The zero-order valence-electron chi connectivity index (χ0n) is 18.7. The van der Waals surface area contributed by atoms with Crippen molar-refractivity contribution in [3.05, 3.63) is 48.2 Å². The smallest absolute Gasteiger partial charge is 0.256 e. The summed E-state index contributed by atoms with van der Waals surface area (Å²) in [5.41, 5.74) is 0.221. The van der Waals surface area contributed by atoms with Gasteiger partial charge in [-0.25, -0.2) is 18.1 Å². The van der Waals surface area contributed by atoms with Crippen LogP contribution in [0.5, 0.6) is 5.75 Å². The number of carbonyl (C=O) groups is 1. The molecule has 1 amide bonds. The topological polar surface area (TPSA) is 107 Å². The lowest BCUT2D eigenvalue weighted by molar-refractivity contribution is 0.102. The summed E-state index contributed by atoms with van der Waals surface area (Å²) < 4.78 is 39.4. The molecule has 0 bridgehead atoms. The molecule has 2 aliphatic rings. The number of hydrogen-bond donors (Lipinski definition) is 2. The first kappa shape index (κ1) is 23.7. The summed E-state index contributed by atoms with van der Waals surface area (Å²) in [6, 6.07) is 9.49. The molecule has 8 nitrogen and oxygen atoms in total. The van der Waals surface area contributed by atoms with Crippen LogP contribution < -0.4 is 14.8 Å². The van der Waals surface area contributed by atoms with Crippen LogP contribution in [-0.4, -0.2) is 45.2 Å². The predicted octanol–water partition coefficient (Wildman–Crippen LogP) is 3.75. The van der Waals surface area contributed by atoms with Crippen LogP contribution in [0.4, 0.5) is 5.82 Å². The van der Waals surface area contributed by atoms with E-state index in [2.05, 4.69) is 15.0 Å². The van der Waals surface area contributed by atoms with Crippen molar-refractivity contribution in [2.75, 3.05) is 25.1 Å². The van der Waals surface area contributed by atoms with Gasteiger partial charge in [0.1, 0.15) is 0 Å². The van der Waals surface area contributed by atoms with E-state index in [9.17, 15) is 13.2 Å². The number of pyridine rings is 1. The molecule has 2 aromatic rings. The molecule has 0 radical (unpaired) electrons. The van der Waals surface area contributed by atoms with Crippen LogP contribution in [-0.2, 0) is 14.8 Å². The number of sulfonamides is 1. The SMILES string of the molecule is O=C(Nc1ncccc1OCC1CCCCC1)c1cccc(S(=O)(=O)NCC2CCCO2)c1. The third-order valence-corrected chi connectivity index (χ3v) is 7.55. The Morgan fingerprint density at radius 1 is 1.09 bits per heavy atom. The second-order valence-electron chi connectivity index (χ2n) is 8.63. The van der Waals surface area contributed by atoms with Crippen LogP contribution in [0.15, 0.2) is 47.5 Å². The van der Waals surface area contributed by atoms with Gasteiger partial charge in [-0.05, 0) is 61.9 Å². The lowest BCUT2D eigenvalue weighted by Gasteiger charge is -2.22. The minimum atomic E-state index is -3.76. The highest BCUT2D eigenvalue weighted by Crippen LogP contribution is 2.27. The van der Waals surface area contributed by atoms with Crippen LogP contribution in [0.25, 0.3) is 0 Å². The predicted molar refractivity (Wildman–Crippen MR) is 125 cm³/mol. The van der Waals surface area contributed by atoms with E-state index in [1.165, 1.54) is 31.4 Å². The number of rotatable bonds is 9. The first-order valence-electron chi connectivity index (χ1n) is 11.6. The van der Waals surface area contributed by atoms with E-state index in [0.717, 1.165) is 25.7 Å². The Bertz CT molecular complexity index is 1050. The quantitative estimate of drug-likeness (QED) is 0.574. The molecule has 9 heteroatoms. The molecule has 0 spiro atoms. The van der Waals surface area contributed by atoms with E-state index in [0.29, 0.717) is 30.7 Å². The normalized spacial score (nSPS) is 19.3. The van der Waals surface area contributed by atoms with Gasteiger partial charge in [0.25, 0.3) is 5.91 Å². The number of amides is 1. The maximum Gasteiger partial charge on any atom is 0.256 e. The standard InChI is InChI=1S/C24H31N3O5S/c28-24(27-23-22(12-5-13-25-23)32-17-18-7-2-1-3-8-18)19-9-4-11-21(15-19)33(29,30)26-16-20-10-6-14-31-20/h4-5,9,11-13,15,18,20,26H,1-3,6-8,10,14,16-17H2,(H,25,27,28). The number of benzene rings is 1. The molecule has 1 aliphatic heterocycles. The van der Waals surface area contributed by atoms with Crippen molar-refractivity contribution in [2.45, 2.75) is 55.9 Å². The Morgan fingerprint density at radius 3 is 2.73 bits per heavy atom. The second kappa shape index (κ2) is 11.1. The third-order valence-electron chi connectivity index (χ3n) is 6.13. The van der Waals surface area contributed by atoms with Crippen LogP contribution in [0, 0.1) is 5.92 Å². The first-order valence-corrected chi connectivity index (χ1v) is 13.1. The number of hydrogen-bond acceptors (Lipinski definition) is 6. The van der Waals surface area contributed by atoms with Gasteiger partial charge in [0.15, 0.2) is 11.6 Å². The Hall–Kier alpha value is -2.49. The van der Waals surface area contributed by atoms with E-state index in [-0.39, 0.29) is 23.1 Å². The summed E-state index contributed by atoms with van der Waals surface area (Å²) in [7, 11) is -3.76. The number of anilines is 1. The highest BCUT2D eigenvalue weighted by atomic mass is 32.2. The fourth-order valence-corrected chi connectivity index (χ4v) is 5.35. The molecule has 178 valence electrons. The van der Waals surface area contributed by atoms with Crippen LogP contribution in [0.2, 0.25) is 0 Å². The summed E-state index contributed by atoms with van der Waals surface area (Å²) in [4.78, 5) is 17.2. The molecule has 2 fully saturated rings. The van der Waals surface area contributed by atoms with Crippen LogP contribution in [0.3, 0.4) is 0 Å². The molecule has 2 heterocycles. The van der Waals surface area contributed by atoms with Crippen molar-refractivity contribution < 1.29 is 22.7 Å². The highest BCUT2D eigenvalue weighted by molar-refractivity contribution is 7.89. The maximum atomic E-state index is 12.9. The molecule has 2 N–H and O–H groups in total. The number of nitrogens with zero attached hydrogens (tertiary/aromatic N) is 1. The van der Waals surface area contributed by atoms with Gasteiger partial charge >= 0.3 is 0 Å². The molecular weight excluding hydrogens is 442 g/mol. The van der Waals surface area contributed by atoms with E-state index < -0.39 is 15.9 Å². The maximum absolute atomic E-state index is 12.9. The molecule has 1 unspecified atom stereocenters. The second-order valence-corrected chi connectivity index (χ2v) is 10.4. The molecule has 4 rings (SSSR count). The van der Waals surface area contributed by atoms with Crippen molar-refractivity contribution >= 4 is 21.7 Å². The summed E-state index contributed by atoms with van der Waals surface area (Å²) in [6.45, 7) is 1.47. The van der Waals surface area contributed by atoms with Crippen molar-refractivity contribution in [2.24, 2.45) is 5.92 Å². The molecule has 1 saturated carbocycles. The third kappa shape index (κ3) is 6.52. The number of nitrogens with one attached hydrogen (secondary N) is 2. The highest BCUT2D eigenvalue weighted by Gasteiger charge is 2.22. The molecular formula is C24H31N3O5S. The van der Waals surface area contributed by atoms with Gasteiger partial charge in [-0.3, -0.25) is 4.79 Å². The first-order chi connectivity index (χ1) is 16.0. The van der Waals surface area contributed by atoms with Gasteiger partial charge in [-0.2, -0.15) is 0 Å². The zero-order valence-corrected chi connectivity index (χ0v) is 19.5. The average molecular weight is 474 g/mol. The molecule has 1 aromatic carbocycles. The van der Waals surface area contributed by atoms with Crippen molar-refractivity contribution in [1.82, 2.24) is 9.71 Å². The number of ether oxygens (including phenoxy) is 2. The number of carbonyl (C=O) groups excluding carboxylic acids is 1. The minimum absolute atomic E-state index is 0.0305. The van der Waals surface area contributed by atoms with Gasteiger partial charge in [-0.15, -0.1) is 0 Å². The monoisotopic (exact) mass is 473 g/mol. The van der Waals surface area contributed by atoms with Crippen molar-refractivity contribution in [3.63, 3.8) is 0 Å². The van der Waals surface area contributed by atoms with E-state index in [1.54, 1.807) is 30.5 Å². The van der Waals surface area contributed by atoms with E-state index in [4.69, 9.17) is 9.47 Å². The van der Waals surface area contributed by atoms with Crippen molar-refractivity contribution in [3.8, 4) is 5.75 Å². The zero-order chi connectivity index (χ0) is 23.1. The lowest BCUT2D eigenvalue weighted by Crippen LogP contribution is -2.32. The Kier molecular flexibility index (Phi) is 7.95. The molecule has 1 saturated heterocycles. The Labute approximate surface area is 195 Å². The number of aromatic nitrogens is 1. The molecule has 1 aromatic heterocycles. The summed E-state index contributed by atoms with van der Waals surface area (Å²) in [5, 5.41) is 2.76. The molecule has 1 aliphatic carbocycles.